The lowest BCUT2D eigenvalue weighted by molar-refractivity contribution is -0.145. The fourth-order valence-electron chi connectivity index (χ4n) is 1.09. The number of esters is 1. The van der Waals surface area contributed by atoms with E-state index in [0.29, 0.717) is 25.0 Å². The molecule has 0 heterocycles. The first kappa shape index (κ1) is 16.2. The first-order chi connectivity index (χ1) is 8.15. The van der Waals surface area contributed by atoms with Gasteiger partial charge in [0.25, 0.3) is 0 Å². The summed E-state index contributed by atoms with van der Waals surface area (Å²) in [5.74, 6) is -0.431. The van der Waals surface area contributed by atoms with Gasteiger partial charge in [0.05, 0.1) is 13.2 Å². The van der Waals surface area contributed by atoms with E-state index in [2.05, 4.69) is 21.2 Å². The van der Waals surface area contributed by atoms with Gasteiger partial charge in [-0.3, -0.25) is 0 Å². The second-order valence-corrected chi connectivity index (χ2v) is 4.21. The predicted molar refractivity (Wildman–Crippen MR) is 68.2 cm³/mol. The van der Waals surface area contributed by atoms with Crippen LogP contribution in [0.3, 0.4) is 0 Å². The molecule has 0 fully saturated rings. The molecule has 0 saturated heterocycles. The Labute approximate surface area is 110 Å². The number of nitrogens with one attached hydrogen (secondary N) is 1. The first-order valence-electron chi connectivity index (χ1n) is 5.81. The van der Waals surface area contributed by atoms with Crippen LogP contribution in [-0.2, 0) is 14.3 Å². The van der Waals surface area contributed by atoms with E-state index >= 15 is 0 Å². The van der Waals surface area contributed by atoms with E-state index < -0.39 is 18.1 Å². The topological polar surface area (TPSA) is 64.6 Å². The SMILES string of the molecule is CCCCOC(=O)NC(CCBr)C(=O)OCC. The van der Waals surface area contributed by atoms with E-state index in [0.717, 1.165) is 12.8 Å². The summed E-state index contributed by atoms with van der Waals surface area (Å²) >= 11 is 3.22. The van der Waals surface area contributed by atoms with Crippen LogP contribution in [0.15, 0.2) is 0 Å². The number of rotatable bonds is 8. The summed E-state index contributed by atoms with van der Waals surface area (Å²) in [5.41, 5.74) is 0. The minimum absolute atomic E-state index is 0.296. The molecule has 0 aliphatic rings. The highest BCUT2D eigenvalue weighted by molar-refractivity contribution is 9.09. The smallest absolute Gasteiger partial charge is 0.407 e. The maximum Gasteiger partial charge on any atom is 0.407 e. The van der Waals surface area contributed by atoms with E-state index in [4.69, 9.17) is 9.47 Å². The maximum absolute atomic E-state index is 11.5. The van der Waals surface area contributed by atoms with Crippen molar-refractivity contribution >= 4 is 28.0 Å². The van der Waals surface area contributed by atoms with Gasteiger partial charge in [0.2, 0.25) is 0 Å². The number of alkyl carbamates (subject to hydrolysis) is 1. The van der Waals surface area contributed by atoms with Crippen LogP contribution >= 0.6 is 15.9 Å². The van der Waals surface area contributed by atoms with Crippen molar-refractivity contribution in [2.45, 2.75) is 39.2 Å². The average molecular weight is 310 g/mol. The van der Waals surface area contributed by atoms with Crippen LogP contribution in [0.1, 0.15) is 33.1 Å². The molecule has 1 N–H and O–H groups in total. The van der Waals surface area contributed by atoms with Crippen molar-refractivity contribution in [2.24, 2.45) is 0 Å². The summed E-state index contributed by atoms with van der Waals surface area (Å²) in [6.07, 6.45) is 1.67. The molecule has 0 saturated carbocycles. The molecule has 1 amide bonds. The Balaban J connectivity index is 4.05. The molecule has 0 bridgehead atoms. The van der Waals surface area contributed by atoms with Gasteiger partial charge in [-0.25, -0.2) is 9.59 Å². The van der Waals surface area contributed by atoms with Crippen LogP contribution < -0.4 is 5.32 Å². The molecule has 0 spiro atoms. The number of amides is 1. The summed E-state index contributed by atoms with van der Waals surface area (Å²) < 4.78 is 9.77. The van der Waals surface area contributed by atoms with Gasteiger partial charge >= 0.3 is 12.1 Å². The molecule has 100 valence electrons. The van der Waals surface area contributed by atoms with Crippen molar-refractivity contribution in [1.29, 1.82) is 0 Å². The van der Waals surface area contributed by atoms with Crippen LogP contribution in [0, 0.1) is 0 Å². The molecule has 1 unspecified atom stereocenters. The molecule has 0 aliphatic heterocycles. The fraction of sp³-hybridized carbons (Fsp3) is 0.818. The predicted octanol–water partition coefficient (Wildman–Crippen LogP) is 2.23. The monoisotopic (exact) mass is 309 g/mol. The van der Waals surface area contributed by atoms with E-state index in [1.54, 1.807) is 6.92 Å². The summed E-state index contributed by atoms with van der Waals surface area (Å²) in [5, 5.41) is 3.10. The summed E-state index contributed by atoms with van der Waals surface area (Å²) in [6, 6.07) is -0.650. The third-order valence-electron chi connectivity index (χ3n) is 1.99. The van der Waals surface area contributed by atoms with E-state index in [9.17, 15) is 9.59 Å². The van der Waals surface area contributed by atoms with E-state index in [-0.39, 0.29) is 0 Å². The van der Waals surface area contributed by atoms with Crippen molar-refractivity contribution in [3.63, 3.8) is 0 Å². The van der Waals surface area contributed by atoms with Crippen molar-refractivity contribution in [3.05, 3.63) is 0 Å². The third-order valence-corrected chi connectivity index (χ3v) is 2.45. The lowest BCUT2D eigenvalue weighted by atomic mass is 10.2. The summed E-state index contributed by atoms with van der Waals surface area (Å²) in [7, 11) is 0. The minimum atomic E-state index is -0.650. The largest absolute Gasteiger partial charge is 0.464 e. The van der Waals surface area contributed by atoms with Gasteiger partial charge in [0, 0.05) is 5.33 Å². The van der Waals surface area contributed by atoms with Crippen LogP contribution in [-0.4, -0.2) is 36.6 Å². The first-order valence-corrected chi connectivity index (χ1v) is 6.93. The number of unbranched alkanes of at least 4 members (excludes halogenated alkanes) is 1. The number of halogens is 1. The highest BCUT2D eigenvalue weighted by Crippen LogP contribution is 2.00. The highest BCUT2D eigenvalue weighted by atomic mass is 79.9. The van der Waals surface area contributed by atoms with Gasteiger partial charge in [-0.15, -0.1) is 0 Å². The Morgan fingerprint density at radius 3 is 2.53 bits per heavy atom. The molecule has 5 nitrogen and oxygen atoms in total. The molecule has 17 heavy (non-hydrogen) atoms. The second kappa shape index (κ2) is 10.4. The minimum Gasteiger partial charge on any atom is -0.464 e. The van der Waals surface area contributed by atoms with Crippen LogP contribution in [0.25, 0.3) is 0 Å². The van der Waals surface area contributed by atoms with Crippen molar-refractivity contribution < 1.29 is 19.1 Å². The standard InChI is InChI=1S/C11H20BrNO4/c1-3-5-8-17-11(15)13-9(6-7-12)10(14)16-4-2/h9H,3-8H2,1-2H3,(H,13,15). The molecule has 0 aliphatic carbocycles. The van der Waals surface area contributed by atoms with Crippen LogP contribution in [0.2, 0.25) is 0 Å². The number of ether oxygens (including phenoxy) is 2. The van der Waals surface area contributed by atoms with Gasteiger partial charge < -0.3 is 14.8 Å². The molecule has 0 radical (unpaired) electrons. The lowest BCUT2D eigenvalue weighted by Gasteiger charge is -2.15. The Morgan fingerprint density at radius 1 is 1.29 bits per heavy atom. The van der Waals surface area contributed by atoms with Gasteiger partial charge in [-0.05, 0) is 19.8 Å². The highest BCUT2D eigenvalue weighted by Gasteiger charge is 2.21. The number of alkyl halides is 1. The summed E-state index contributed by atoms with van der Waals surface area (Å²) in [4.78, 5) is 22.8. The van der Waals surface area contributed by atoms with E-state index in [1.807, 2.05) is 6.92 Å². The quantitative estimate of drug-likeness (QED) is 0.424. The molecule has 6 heteroatoms. The Kier molecular flexibility index (Phi) is 9.90. The normalized spacial score (nSPS) is 11.7. The second-order valence-electron chi connectivity index (χ2n) is 3.42. The lowest BCUT2D eigenvalue weighted by Crippen LogP contribution is -2.42. The Bertz CT molecular complexity index is 236. The maximum atomic E-state index is 11.5. The van der Waals surface area contributed by atoms with Gasteiger partial charge in [0.1, 0.15) is 6.04 Å². The number of carbonyl (C=O) groups is 2. The van der Waals surface area contributed by atoms with Crippen molar-refractivity contribution in [3.8, 4) is 0 Å². The Hall–Kier alpha value is -0.780. The Morgan fingerprint density at radius 2 is 2.00 bits per heavy atom. The van der Waals surface area contributed by atoms with Gasteiger partial charge in [0.15, 0.2) is 0 Å². The third kappa shape index (κ3) is 8.01. The molecular weight excluding hydrogens is 290 g/mol. The molecule has 1 atom stereocenters. The molecular formula is C11H20BrNO4. The fourth-order valence-corrected chi connectivity index (χ4v) is 1.55. The van der Waals surface area contributed by atoms with E-state index in [1.165, 1.54) is 0 Å². The average Bonchev–Trinajstić information content (AvgIpc) is 2.29. The van der Waals surface area contributed by atoms with Gasteiger partial charge in [-0.1, -0.05) is 29.3 Å². The zero-order chi connectivity index (χ0) is 13.1. The molecule has 0 rings (SSSR count). The number of carbonyl (C=O) groups excluding carboxylic acids is 2. The van der Waals surface area contributed by atoms with Gasteiger partial charge in [-0.2, -0.15) is 0 Å². The summed E-state index contributed by atoms with van der Waals surface area (Å²) in [6.45, 7) is 4.40. The number of hydrogen-bond acceptors (Lipinski definition) is 4. The molecule has 0 aromatic heterocycles. The zero-order valence-corrected chi connectivity index (χ0v) is 11.9. The van der Waals surface area contributed by atoms with Crippen molar-refractivity contribution in [2.75, 3.05) is 18.5 Å². The zero-order valence-electron chi connectivity index (χ0n) is 10.3. The molecule has 0 aromatic carbocycles. The van der Waals surface area contributed by atoms with Crippen molar-refractivity contribution in [1.82, 2.24) is 5.32 Å². The van der Waals surface area contributed by atoms with Crippen LogP contribution in [0.4, 0.5) is 4.79 Å². The van der Waals surface area contributed by atoms with Crippen LogP contribution in [0.5, 0.6) is 0 Å². The molecule has 0 aromatic rings. The number of hydrogen-bond donors (Lipinski definition) is 1.